The van der Waals surface area contributed by atoms with Crippen molar-refractivity contribution in [2.75, 3.05) is 13.7 Å². The lowest BCUT2D eigenvalue weighted by molar-refractivity contribution is 0.0244. The summed E-state index contributed by atoms with van der Waals surface area (Å²) in [6.07, 6.45) is 0.526. The summed E-state index contributed by atoms with van der Waals surface area (Å²) >= 11 is 0. The Morgan fingerprint density at radius 3 is 1.87 bits per heavy atom. The molecule has 3 nitrogen and oxygen atoms in total. The van der Waals surface area contributed by atoms with Crippen molar-refractivity contribution < 1.29 is 9.84 Å². The highest BCUT2D eigenvalue weighted by Gasteiger charge is 2.18. The molecule has 0 aromatic carbocycles. The van der Waals surface area contributed by atoms with E-state index in [0.717, 1.165) is 6.54 Å². The molecule has 0 spiro atoms. The zero-order valence-corrected chi connectivity index (χ0v) is 11.0. The fourth-order valence-corrected chi connectivity index (χ4v) is 1.82. The van der Waals surface area contributed by atoms with E-state index in [1.807, 2.05) is 6.92 Å². The number of aliphatic hydroxyl groups is 1. The summed E-state index contributed by atoms with van der Waals surface area (Å²) in [5, 5.41) is 9.90. The first-order valence-corrected chi connectivity index (χ1v) is 5.85. The first kappa shape index (κ1) is 14.9. The van der Waals surface area contributed by atoms with Crippen LogP contribution in [0.25, 0.3) is 0 Å². The second-order valence-corrected chi connectivity index (χ2v) is 4.82. The maximum atomic E-state index is 9.90. The van der Waals surface area contributed by atoms with Gasteiger partial charge in [-0.05, 0) is 34.6 Å². The number of ether oxygens (including phenoxy) is 1. The number of nitrogens with zero attached hydrogens (tertiary/aromatic N) is 1. The highest BCUT2D eigenvalue weighted by Crippen LogP contribution is 2.09. The zero-order chi connectivity index (χ0) is 12.0. The Hall–Kier alpha value is -0.120. The Balaban J connectivity index is 4.05. The van der Waals surface area contributed by atoms with E-state index in [1.54, 1.807) is 7.11 Å². The molecule has 0 bridgehead atoms. The van der Waals surface area contributed by atoms with Crippen molar-refractivity contribution in [3.63, 3.8) is 0 Å². The standard InChI is InChI=1S/C12H27NO2/c1-9(2)13(10(3)4)8-12(14)7-11(5)15-6/h9-12,14H,7-8H2,1-6H3. The molecule has 2 unspecified atom stereocenters. The molecule has 0 aromatic rings. The van der Waals surface area contributed by atoms with E-state index >= 15 is 0 Å². The molecule has 0 rings (SSSR count). The lowest BCUT2D eigenvalue weighted by Gasteiger charge is -2.32. The molecule has 0 aliphatic carbocycles. The monoisotopic (exact) mass is 217 g/mol. The molecule has 15 heavy (non-hydrogen) atoms. The van der Waals surface area contributed by atoms with Gasteiger partial charge in [-0.3, -0.25) is 4.90 Å². The van der Waals surface area contributed by atoms with Gasteiger partial charge >= 0.3 is 0 Å². The van der Waals surface area contributed by atoms with Gasteiger partial charge in [0, 0.05) is 32.2 Å². The molecular formula is C12H27NO2. The summed E-state index contributed by atoms with van der Waals surface area (Å²) < 4.78 is 5.14. The number of aliphatic hydroxyl groups excluding tert-OH is 1. The topological polar surface area (TPSA) is 32.7 Å². The van der Waals surface area contributed by atoms with Gasteiger partial charge in [-0.2, -0.15) is 0 Å². The summed E-state index contributed by atoms with van der Waals surface area (Å²) in [5.41, 5.74) is 0. The molecule has 0 aliphatic rings. The maximum absolute atomic E-state index is 9.90. The van der Waals surface area contributed by atoms with Crippen molar-refractivity contribution in [2.45, 2.75) is 65.3 Å². The third-order valence-electron chi connectivity index (χ3n) is 2.75. The van der Waals surface area contributed by atoms with Crippen molar-refractivity contribution in [2.24, 2.45) is 0 Å². The quantitative estimate of drug-likeness (QED) is 0.707. The summed E-state index contributed by atoms with van der Waals surface area (Å²) in [7, 11) is 1.68. The predicted octanol–water partition coefficient (Wildman–Crippen LogP) is 1.89. The van der Waals surface area contributed by atoms with Crippen molar-refractivity contribution in [3.05, 3.63) is 0 Å². The van der Waals surface area contributed by atoms with E-state index in [2.05, 4.69) is 32.6 Å². The second kappa shape index (κ2) is 7.20. The SMILES string of the molecule is COC(C)CC(O)CN(C(C)C)C(C)C. The van der Waals surface area contributed by atoms with Crippen LogP contribution in [0.15, 0.2) is 0 Å². The molecule has 0 heterocycles. The Labute approximate surface area is 94.4 Å². The van der Waals surface area contributed by atoms with Crippen molar-refractivity contribution in [1.82, 2.24) is 4.90 Å². The largest absolute Gasteiger partial charge is 0.392 e. The molecule has 0 saturated heterocycles. The van der Waals surface area contributed by atoms with Crippen LogP contribution in [0.1, 0.15) is 41.0 Å². The average molecular weight is 217 g/mol. The highest BCUT2D eigenvalue weighted by atomic mass is 16.5. The molecular weight excluding hydrogens is 190 g/mol. The first-order valence-electron chi connectivity index (χ1n) is 5.85. The van der Waals surface area contributed by atoms with Crippen LogP contribution in [0.3, 0.4) is 0 Å². The van der Waals surface area contributed by atoms with Crippen molar-refractivity contribution in [3.8, 4) is 0 Å². The Morgan fingerprint density at radius 2 is 1.53 bits per heavy atom. The van der Waals surface area contributed by atoms with Crippen LogP contribution in [0.2, 0.25) is 0 Å². The summed E-state index contributed by atoms with van der Waals surface area (Å²) in [6, 6.07) is 0.940. The number of rotatable bonds is 7. The minimum absolute atomic E-state index is 0.126. The van der Waals surface area contributed by atoms with E-state index < -0.39 is 0 Å². The smallest absolute Gasteiger partial charge is 0.0691 e. The van der Waals surface area contributed by atoms with Crippen molar-refractivity contribution in [1.29, 1.82) is 0 Å². The summed E-state index contributed by atoms with van der Waals surface area (Å²) in [6.45, 7) is 11.3. The highest BCUT2D eigenvalue weighted by molar-refractivity contribution is 4.72. The number of hydrogen-bond acceptors (Lipinski definition) is 3. The van der Waals surface area contributed by atoms with Crippen LogP contribution >= 0.6 is 0 Å². The van der Waals surface area contributed by atoms with Gasteiger partial charge in [0.1, 0.15) is 0 Å². The molecule has 0 fully saturated rings. The molecule has 2 atom stereocenters. The van der Waals surface area contributed by atoms with E-state index in [-0.39, 0.29) is 12.2 Å². The fourth-order valence-electron chi connectivity index (χ4n) is 1.82. The van der Waals surface area contributed by atoms with E-state index in [4.69, 9.17) is 4.74 Å². The van der Waals surface area contributed by atoms with Gasteiger partial charge < -0.3 is 9.84 Å². The minimum atomic E-state index is -0.301. The fraction of sp³-hybridized carbons (Fsp3) is 1.00. The third-order valence-corrected chi connectivity index (χ3v) is 2.75. The lowest BCUT2D eigenvalue weighted by atomic mass is 10.1. The Bertz CT molecular complexity index is 152. The summed E-state index contributed by atoms with van der Waals surface area (Å²) in [5.74, 6) is 0. The molecule has 3 heteroatoms. The molecule has 0 aromatic heterocycles. The van der Waals surface area contributed by atoms with Gasteiger partial charge in [-0.1, -0.05) is 0 Å². The minimum Gasteiger partial charge on any atom is -0.392 e. The molecule has 1 N–H and O–H groups in total. The van der Waals surface area contributed by atoms with E-state index in [0.29, 0.717) is 18.5 Å². The average Bonchev–Trinajstić information content (AvgIpc) is 2.12. The third kappa shape index (κ3) is 6.13. The van der Waals surface area contributed by atoms with Crippen LogP contribution in [0.5, 0.6) is 0 Å². The van der Waals surface area contributed by atoms with Gasteiger partial charge in [0.2, 0.25) is 0 Å². The lowest BCUT2D eigenvalue weighted by Crippen LogP contribution is -2.42. The normalized spacial score (nSPS) is 16.4. The van der Waals surface area contributed by atoms with E-state index in [9.17, 15) is 5.11 Å². The molecule has 92 valence electrons. The Morgan fingerprint density at radius 1 is 1.07 bits per heavy atom. The maximum Gasteiger partial charge on any atom is 0.0691 e. The Kier molecular flexibility index (Phi) is 7.14. The van der Waals surface area contributed by atoms with Crippen LogP contribution in [0.4, 0.5) is 0 Å². The van der Waals surface area contributed by atoms with Gasteiger partial charge in [0.25, 0.3) is 0 Å². The predicted molar refractivity (Wildman–Crippen MR) is 64.1 cm³/mol. The van der Waals surface area contributed by atoms with Gasteiger partial charge in [-0.15, -0.1) is 0 Å². The summed E-state index contributed by atoms with van der Waals surface area (Å²) in [4.78, 5) is 2.30. The van der Waals surface area contributed by atoms with Gasteiger partial charge in [0.05, 0.1) is 12.2 Å². The van der Waals surface area contributed by atoms with Gasteiger partial charge in [-0.25, -0.2) is 0 Å². The number of methoxy groups -OCH3 is 1. The molecule has 0 saturated carbocycles. The van der Waals surface area contributed by atoms with E-state index in [1.165, 1.54) is 0 Å². The molecule has 0 radical (unpaired) electrons. The molecule has 0 amide bonds. The van der Waals surface area contributed by atoms with Crippen LogP contribution in [-0.2, 0) is 4.74 Å². The number of hydrogen-bond donors (Lipinski definition) is 1. The van der Waals surface area contributed by atoms with Crippen LogP contribution in [-0.4, -0.2) is 48.0 Å². The zero-order valence-electron chi connectivity index (χ0n) is 11.0. The van der Waals surface area contributed by atoms with Crippen LogP contribution in [0, 0.1) is 0 Å². The van der Waals surface area contributed by atoms with Crippen LogP contribution < -0.4 is 0 Å². The second-order valence-electron chi connectivity index (χ2n) is 4.82. The van der Waals surface area contributed by atoms with Gasteiger partial charge in [0.15, 0.2) is 0 Å². The van der Waals surface area contributed by atoms with Crippen molar-refractivity contribution >= 4 is 0 Å². The molecule has 0 aliphatic heterocycles. The first-order chi connectivity index (χ1) is 6.88.